The lowest BCUT2D eigenvalue weighted by atomic mass is 9.95. The van der Waals surface area contributed by atoms with Crippen LogP contribution in [-0.4, -0.2) is 14.2 Å². The molecule has 1 atom stereocenters. The summed E-state index contributed by atoms with van der Waals surface area (Å²) in [7, 11) is 3.63. The van der Waals surface area contributed by atoms with Gasteiger partial charge in [0.25, 0.3) is 0 Å². The van der Waals surface area contributed by atoms with Crippen LogP contribution in [0, 0.1) is 0 Å². The summed E-state index contributed by atoms with van der Waals surface area (Å²) in [6.45, 7) is 0. The van der Waals surface area contributed by atoms with E-state index in [0.29, 0.717) is 5.02 Å². The van der Waals surface area contributed by atoms with Crippen molar-refractivity contribution in [1.29, 1.82) is 0 Å². The van der Waals surface area contributed by atoms with Crippen LogP contribution in [-0.2, 0) is 12.8 Å². The summed E-state index contributed by atoms with van der Waals surface area (Å²) in [6, 6.07) is 13.0. The second-order valence-corrected chi connectivity index (χ2v) is 5.90. The van der Waals surface area contributed by atoms with Crippen molar-refractivity contribution in [1.82, 2.24) is 5.32 Å². The summed E-state index contributed by atoms with van der Waals surface area (Å²) >= 11 is 6.12. The number of methoxy groups -OCH3 is 1. The first-order valence-electron chi connectivity index (χ1n) is 7.35. The topological polar surface area (TPSA) is 21.3 Å². The molecule has 1 unspecified atom stereocenters. The van der Waals surface area contributed by atoms with Gasteiger partial charge in [0, 0.05) is 0 Å². The number of ether oxygens (including phenoxy) is 1. The number of halogens is 1. The zero-order valence-electron chi connectivity index (χ0n) is 12.4. The van der Waals surface area contributed by atoms with Crippen molar-refractivity contribution in [2.45, 2.75) is 25.3 Å². The first-order valence-corrected chi connectivity index (χ1v) is 7.73. The fraction of sp³-hybridized carbons (Fsp3) is 0.333. The van der Waals surface area contributed by atoms with Crippen molar-refractivity contribution in [3.8, 4) is 5.75 Å². The first-order chi connectivity index (χ1) is 10.2. The van der Waals surface area contributed by atoms with E-state index >= 15 is 0 Å². The predicted octanol–water partition coefficient (Wildman–Crippen LogP) is 4.15. The smallest absolute Gasteiger partial charge is 0.137 e. The molecule has 0 aliphatic heterocycles. The van der Waals surface area contributed by atoms with E-state index in [9.17, 15) is 0 Å². The van der Waals surface area contributed by atoms with Crippen LogP contribution in [0.4, 0.5) is 0 Å². The minimum Gasteiger partial charge on any atom is -0.495 e. The van der Waals surface area contributed by atoms with Gasteiger partial charge in [-0.25, -0.2) is 0 Å². The van der Waals surface area contributed by atoms with Crippen LogP contribution in [0.5, 0.6) is 5.75 Å². The average Bonchev–Trinajstić information content (AvgIpc) is 2.97. The van der Waals surface area contributed by atoms with E-state index in [1.165, 1.54) is 36.0 Å². The molecule has 0 spiro atoms. The fourth-order valence-corrected chi connectivity index (χ4v) is 3.35. The number of rotatable bonds is 4. The van der Waals surface area contributed by atoms with E-state index in [4.69, 9.17) is 16.3 Å². The number of fused-ring (bicyclic) bond motifs is 1. The van der Waals surface area contributed by atoms with Crippen LogP contribution in [0.25, 0.3) is 0 Å². The molecule has 1 aliphatic carbocycles. The van der Waals surface area contributed by atoms with Crippen LogP contribution in [0.2, 0.25) is 5.02 Å². The van der Waals surface area contributed by atoms with Gasteiger partial charge in [-0.15, -0.1) is 0 Å². The highest BCUT2D eigenvalue weighted by atomic mass is 35.5. The third kappa shape index (κ3) is 2.78. The third-order valence-electron chi connectivity index (χ3n) is 4.25. The van der Waals surface area contributed by atoms with Crippen molar-refractivity contribution in [2.75, 3.05) is 14.2 Å². The Hall–Kier alpha value is -1.51. The molecular weight excluding hydrogens is 282 g/mol. The summed E-state index contributed by atoms with van der Waals surface area (Å²) in [5.74, 6) is 0.718. The van der Waals surface area contributed by atoms with Crippen molar-refractivity contribution >= 4 is 11.6 Å². The monoisotopic (exact) mass is 301 g/mol. The molecule has 0 saturated heterocycles. The van der Waals surface area contributed by atoms with Crippen LogP contribution >= 0.6 is 11.6 Å². The maximum Gasteiger partial charge on any atom is 0.137 e. The molecule has 2 nitrogen and oxygen atoms in total. The van der Waals surface area contributed by atoms with Gasteiger partial charge in [0.2, 0.25) is 0 Å². The third-order valence-corrected chi connectivity index (χ3v) is 4.57. The largest absolute Gasteiger partial charge is 0.495 e. The molecule has 0 aromatic heterocycles. The van der Waals surface area contributed by atoms with E-state index in [0.717, 1.165) is 11.3 Å². The molecule has 0 saturated carbocycles. The van der Waals surface area contributed by atoms with Gasteiger partial charge in [-0.2, -0.15) is 0 Å². The number of hydrogen-bond acceptors (Lipinski definition) is 2. The van der Waals surface area contributed by atoms with Crippen molar-refractivity contribution < 1.29 is 4.74 Å². The summed E-state index contributed by atoms with van der Waals surface area (Å²) in [5.41, 5.74) is 5.45. The quantitative estimate of drug-likeness (QED) is 0.916. The van der Waals surface area contributed by atoms with E-state index in [-0.39, 0.29) is 6.04 Å². The van der Waals surface area contributed by atoms with E-state index in [1.807, 2.05) is 19.2 Å². The lowest BCUT2D eigenvalue weighted by Gasteiger charge is -2.19. The molecule has 0 amide bonds. The highest BCUT2D eigenvalue weighted by molar-refractivity contribution is 6.32. The summed E-state index contributed by atoms with van der Waals surface area (Å²) in [5, 5.41) is 4.04. The van der Waals surface area contributed by atoms with Crippen LogP contribution in [0.3, 0.4) is 0 Å². The number of aryl methyl sites for hydroxylation is 2. The van der Waals surface area contributed by atoms with Gasteiger partial charge in [-0.05, 0) is 60.7 Å². The van der Waals surface area contributed by atoms with Gasteiger partial charge < -0.3 is 10.1 Å². The SMILES string of the molecule is CNC(c1ccc2c(c1)CCC2)c1ccc(Cl)c(OC)c1. The molecule has 110 valence electrons. The summed E-state index contributed by atoms with van der Waals surface area (Å²) < 4.78 is 5.33. The number of benzene rings is 2. The van der Waals surface area contributed by atoms with Gasteiger partial charge in [-0.1, -0.05) is 35.9 Å². The Morgan fingerprint density at radius 3 is 2.52 bits per heavy atom. The zero-order valence-corrected chi connectivity index (χ0v) is 13.2. The Morgan fingerprint density at radius 1 is 1.05 bits per heavy atom. The maximum absolute atomic E-state index is 6.12. The van der Waals surface area contributed by atoms with Gasteiger partial charge in [0.15, 0.2) is 0 Å². The zero-order chi connectivity index (χ0) is 14.8. The van der Waals surface area contributed by atoms with Crippen LogP contribution in [0.1, 0.15) is 34.7 Å². The molecule has 3 rings (SSSR count). The molecular formula is C18H20ClNO. The highest BCUT2D eigenvalue weighted by Crippen LogP contribution is 2.32. The van der Waals surface area contributed by atoms with Crippen LogP contribution < -0.4 is 10.1 Å². The molecule has 3 heteroatoms. The van der Waals surface area contributed by atoms with E-state index < -0.39 is 0 Å². The molecule has 0 heterocycles. The molecule has 0 radical (unpaired) electrons. The molecule has 0 bridgehead atoms. The lowest BCUT2D eigenvalue weighted by molar-refractivity contribution is 0.414. The molecule has 2 aromatic rings. The Labute approximate surface area is 131 Å². The Kier molecular flexibility index (Phi) is 4.18. The van der Waals surface area contributed by atoms with Crippen LogP contribution in [0.15, 0.2) is 36.4 Å². The predicted molar refractivity (Wildman–Crippen MR) is 87.4 cm³/mol. The van der Waals surface area contributed by atoms with Gasteiger partial charge >= 0.3 is 0 Å². The highest BCUT2D eigenvalue weighted by Gasteiger charge is 2.17. The minimum atomic E-state index is 0.155. The van der Waals surface area contributed by atoms with E-state index in [2.05, 4.69) is 29.6 Å². The van der Waals surface area contributed by atoms with E-state index in [1.54, 1.807) is 7.11 Å². The van der Waals surface area contributed by atoms with Gasteiger partial charge in [0.1, 0.15) is 5.75 Å². The first kappa shape index (κ1) is 14.4. The molecule has 1 aliphatic rings. The Morgan fingerprint density at radius 2 is 1.76 bits per heavy atom. The fourth-order valence-electron chi connectivity index (χ4n) is 3.15. The molecule has 2 aromatic carbocycles. The summed E-state index contributed by atoms with van der Waals surface area (Å²) in [4.78, 5) is 0. The Bertz CT molecular complexity index is 643. The maximum atomic E-state index is 6.12. The second kappa shape index (κ2) is 6.08. The van der Waals surface area contributed by atoms with Gasteiger partial charge in [-0.3, -0.25) is 0 Å². The summed E-state index contributed by atoms with van der Waals surface area (Å²) in [6.07, 6.45) is 3.69. The molecule has 21 heavy (non-hydrogen) atoms. The Balaban J connectivity index is 1.98. The lowest BCUT2D eigenvalue weighted by Crippen LogP contribution is -2.18. The average molecular weight is 302 g/mol. The van der Waals surface area contributed by atoms with Crippen molar-refractivity contribution in [3.63, 3.8) is 0 Å². The molecule has 0 fully saturated rings. The minimum absolute atomic E-state index is 0.155. The standard InChI is InChI=1S/C18H20ClNO/c1-20-18(15-8-9-16(19)17(11-15)21-2)14-7-6-12-4-3-5-13(12)10-14/h6-11,18,20H,3-5H2,1-2H3. The normalized spacial score (nSPS) is 14.8. The van der Waals surface area contributed by atoms with Gasteiger partial charge in [0.05, 0.1) is 18.2 Å². The van der Waals surface area contributed by atoms with Crippen molar-refractivity contribution in [2.24, 2.45) is 0 Å². The second-order valence-electron chi connectivity index (χ2n) is 5.50. The van der Waals surface area contributed by atoms with Crippen molar-refractivity contribution in [3.05, 3.63) is 63.7 Å². The number of hydrogen-bond donors (Lipinski definition) is 1. The number of nitrogens with one attached hydrogen (secondary N) is 1. The molecule has 1 N–H and O–H groups in total.